The fraction of sp³-hybridized carbons (Fsp3) is 0.286. The van der Waals surface area contributed by atoms with Crippen LogP contribution >= 0.6 is 0 Å². The van der Waals surface area contributed by atoms with Crippen molar-refractivity contribution >= 4 is 17.4 Å². The van der Waals surface area contributed by atoms with Gasteiger partial charge in [0.2, 0.25) is 0 Å². The van der Waals surface area contributed by atoms with E-state index >= 15 is 0 Å². The van der Waals surface area contributed by atoms with Crippen LogP contribution in [0.15, 0.2) is 30.0 Å². The summed E-state index contributed by atoms with van der Waals surface area (Å²) in [5.74, 6) is -1.19. The molecule has 1 aromatic carbocycles. The Morgan fingerprint density at radius 3 is 2.53 bits per heavy atom. The van der Waals surface area contributed by atoms with Gasteiger partial charge < -0.3 is 9.84 Å². The number of para-hydroxylation sites is 1. The Morgan fingerprint density at radius 2 is 1.89 bits per heavy atom. The zero-order valence-electron chi connectivity index (χ0n) is 10.8. The molecule has 2 amide bonds. The summed E-state index contributed by atoms with van der Waals surface area (Å²) < 4.78 is 5.16. The molecular weight excluding hydrogens is 246 g/mol. The van der Waals surface area contributed by atoms with Crippen LogP contribution in [0, 0.1) is 0 Å². The Labute approximate surface area is 111 Å². The highest BCUT2D eigenvalue weighted by atomic mass is 16.5. The summed E-state index contributed by atoms with van der Waals surface area (Å²) >= 11 is 0. The highest BCUT2D eigenvalue weighted by Crippen LogP contribution is 2.33. The first-order valence-electron chi connectivity index (χ1n) is 6.04. The van der Waals surface area contributed by atoms with Gasteiger partial charge in [-0.1, -0.05) is 25.1 Å². The number of aliphatic hydroxyl groups is 1. The Bertz CT molecular complexity index is 562. The maximum atomic E-state index is 12.2. The summed E-state index contributed by atoms with van der Waals surface area (Å²) in [5, 5.41) is 9.91. The second-order valence-corrected chi connectivity index (χ2v) is 4.19. The van der Waals surface area contributed by atoms with Crippen LogP contribution in [-0.4, -0.2) is 35.5 Å². The molecular formula is C14H15NO4. The predicted molar refractivity (Wildman–Crippen MR) is 69.6 cm³/mol. The van der Waals surface area contributed by atoms with E-state index in [1.165, 1.54) is 7.11 Å². The number of carbonyl (C=O) groups excluding carboxylic acids is 2. The quantitative estimate of drug-likeness (QED) is 0.838. The van der Waals surface area contributed by atoms with Gasteiger partial charge in [-0.25, -0.2) is 0 Å². The molecule has 1 aliphatic heterocycles. The van der Waals surface area contributed by atoms with E-state index in [9.17, 15) is 14.7 Å². The molecule has 1 heterocycles. The van der Waals surface area contributed by atoms with Gasteiger partial charge in [0.05, 0.1) is 12.7 Å². The van der Waals surface area contributed by atoms with Crippen LogP contribution in [0.3, 0.4) is 0 Å². The van der Waals surface area contributed by atoms with Crippen molar-refractivity contribution in [1.82, 2.24) is 4.90 Å². The van der Waals surface area contributed by atoms with Crippen molar-refractivity contribution in [3.8, 4) is 5.75 Å². The molecule has 1 aromatic rings. The number of rotatable bonds is 4. The van der Waals surface area contributed by atoms with E-state index < -0.39 is 17.6 Å². The minimum atomic E-state index is -0.646. The van der Waals surface area contributed by atoms with Crippen molar-refractivity contribution in [2.75, 3.05) is 13.7 Å². The summed E-state index contributed by atoms with van der Waals surface area (Å²) in [6.45, 7) is 2.15. The number of hydrogen-bond acceptors (Lipinski definition) is 4. The molecule has 2 rings (SSSR count). The lowest BCUT2D eigenvalue weighted by Crippen LogP contribution is -2.32. The molecule has 5 heteroatoms. The molecule has 0 aromatic heterocycles. The number of amides is 2. The molecule has 100 valence electrons. The Balaban J connectivity index is 2.50. The summed E-state index contributed by atoms with van der Waals surface area (Å²) in [4.78, 5) is 25.1. The monoisotopic (exact) mass is 261 g/mol. The van der Waals surface area contributed by atoms with Crippen LogP contribution in [0.4, 0.5) is 0 Å². The average Bonchev–Trinajstić information content (AvgIpc) is 2.63. The molecule has 5 nitrogen and oxygen atoms in total. The van der Waals surface area contributed by atoms with Crippen molar-refractivity contribution < 1.29 is 19.4 Å². The van der Waals surface area contributed by atoms with E-state index in [1.54, 1.807) is 24.3 Å². The van der Waals surface area contributed by atoms with Gasteiger partial charge in [0, 0.05) is 12.1 Å². The Morgan fingerprint density at radius 1 is 1.21 bits per heavy atom. The summed E-state index contributed by atoms with van der Waals surface area (Å²) in [6.07, 6.45) is 0.643. The molecule has 0 aliphatic carbocycles. The number of hydrogen-bond donors (Lipinski definition) is 1. The zero-order valence-corrected chi connectivity index (χ0v) is 10.8. The van der Waals surface area contributed by atoms with E-state index in [2.05, 4.69) is 0 Å². The van der Waals surface area contributed by atoms with Crippen molar-refractivity contribution in [2.24, 2.45) is 0 Å². The van der Waals surface area contributed by atoms with Crippen molar-refractivity contribution in [3.05, 3.63) is 35.6 Å². The number of nitrogens with zero attached hydrogens (tertiary/aromatic N) is 1. The highest BCUT2D eigenvalue weighted by Gasteiger charge is 2.39. The smallest absolute Gasteiger partial charge is 0.296 e. The summed E-state index contributed by atoms with van der Waals surface area (Å²) in [6, 6.07) is 6.80. The van der Waals surface area contributed by atoms with E-state index in [-0.39, 0.29) is 5.57 Å². The first-order chi connectivity index (χ1) is 9.11. The minimum Gasteiger partial charge on any atom is -0.502 e. The van der Waals surface area contributed by atoms with Gasteiger partial charge in [0.1, 0.15) is 5.75 Å². The first kappa shape index (κ1) is 13.1. The third-order valence-electron chi connectivity index (χ3n) is 2.97. The number of carbonyl (C=O) groups is 2. The van der Waals surface area contributed by atoms with E-state index in [0.29, 0.717) is 24.3 Å². The molecule has 0 bridgehead atoms. The SMILES string of the molecule is CCCN1C(=O)C(O)=C(c2ccccc2OC)C1=O. The van der Waals surface area contributed by atoms with Gasteiger partial charge in [-0.15, -0.1) is 0 Å². The van der Waals surface area contributed by atoms with E-state index in [1.807, 2.05) is 6.92 Å². The number of imide groups is 1. The van der Waals surface area contributed by atoms with Gasteiger partial charge in [0.25, 0.3) is 11.8 Å². The largest absolute Gasteiger partial charge is 0.502 e. The number of benzene rings is 1. The molecule has 0 saturated carbocycles. The molecule has 1 N–H and O–H groups in total. The van der Waals surface area contributed by atoms with Crippen LogP contribution < -0.4 is 4.74 Å². The number of methoxy groups -OCH3 is 1. The average molecular weight is 261 g/mol. The second kappa shape index (κ2) is 5.14. The van der Waals surface area contributed by atoms with Gasteiger partial charge in [-0.2, -0.15) is 0 Å². The van der Waals surface area contributed by atoms with E-state index in [0.717, 1.165) is 4.90 Å². The fourth-order valence-electron chi connectivity index (χ4n) is 2.08. The van der Waals surface area contributed by atoms with Crippen molar-refractivity contribution in [1.29, 1.82) is 0 Å². The molecule has 0 unspecified atom stereocenters. The third kappa shape index (κ3) is 2.07. The normalized spacial score (nSPS) is 15.4. The maximum absolute atomic E-state index is 12.2. The highest BCUT2D eigenvalue weighted by molar-refractivity contribution is 6.35. The van der Waals surface area contributed by atoms with Crippen LogP contribution in [0.1, 0.15) is 18.9 Å². The zero-order chi connectivity index (χ0) is 14.0. The van der Waals surface area contributed by atoms with Gasteiger partial charge in [-0.05, 0) is 12.5 Å². The van der Waals surface area contributed by atoms with Gasteiger partial charge in [0.15, 0.2) is 5.76 Å². The lowest BCUT2D eigenvalue weighted by Gasteiger charge is -2.13. The van der Waals surface area contributed by atoms with Crippen LogP contribution in [-0.2, 0) is 9.59 Å². The lowest BCUT2D eigenvalue weighted by molar-refractivity contribution is -0.138. The predicted octanol–water partition coefficient (Wildman–Crippen LogP) is 1.74. The molecule has 0 spiro atoms. The van der Waals surface area contributed by atoms with E-state index in [4.69, 9.17) is 4.74 Å². The summed E-state index contributed by atoms with van der Waals surface area (Å²) in [5.41, 5.74) is 0.440. The van der Waals surface area contributed by atoms with Crippen LogP contribution in [0.5, 0.6) is 5.75 Å². The molecule has 0 saturated heterocycles. The number of ether oxygens (including phenoxy) is 1. The molecule has 1 aliphatic rings. The maximum Gasteiger partial charge on any atom is 0.296 e. The van der Waals surface area contributed by atoms with Gasteiger partial charge >= 0.3 is 0 Å². The lowest BCUT2D eigenvalue weighted by atomic mass is 10.0. The van der Waals surface area contributed by atoms with Crippen molar-refractivity contribution in [2.45, 2.75) is 13.3 Å². The standard InChI is InChI=1S/C14H15NO4/c1-3-8-15-13(17)11(12(16)14(15)18)9-6-4-5-7-10(9)19-2/h4-7,16H,3,8H2,1-2H3. The van der Waals surface area contributed by atoms with Crippen molar-refractivity contribution in [3.63, 3.8) is 0 Å². The van der Waals surface area contributed by atoms with Crippen LogP contribution in [0.25, 0.3) is 5.57 Å². The first-order valence-corrected chi connectivity index (χ1v) is 6.04. The van der Waals surface area contributed by atoms with Gasteiger partial charge in [-0.3, -0.25) is 14.5 Å². The van der Waals surface area contributed by atoms with Crippen LogP contribution in [0.2, 0.25) is 0 Å². The second-order valence-electron chi connectivity index (χ2n) is 4.19. The molecule has 0 atom stereocenters. The minimum absolute atomic E-state index is 0.0101. The third-order valence-corrected chi connectivity index (χ3v) is 2.97. The Kier molecular flexibility index (Phi) is 3.55. The molecule has 19 heavy (non-hydrogen) atoms. The fourth-order valence-corrected chi connectivity index (χ4v) is 2.08. The molecule has 0 radical (unpaired) electrons. The topological polar surface area (TPSA) is 66.8 Å². The number of aliphatic hydroxyl groups excluding tert-OH is 1. The Hall–Kier alpha value is -2.30. The molecule has 0 fully saturated rings. The summed E-state index contributed by atoms with van der Waals surface area (Å²) in [7, 11) is 1.47.